The highest BCUT2D eigenvalue weighted by atomic mass is 16.5. The average Bonchev–Trinajstić information content (AvgIpc) is 2.36. The molecule has 0 aromatic heterocycles. The molecule has 0 atom stereocenters. The van der Waals surface area contributed by atoms with Crippen LogP contribution in [0.3, 0.4) is 0 Å². The third-order valence-electron chi connectivity index (χ3n) is 2.85. The zero-order valence-electron chi connectivity index (χ0n) is 11.6. The van der Waals surface area contributed by atoms with Gasteiger partial charge in [-0.15, -0.1) is 0 Å². The highest BCUT2D eigenvalue weighted by molar-refractivity contribution is 5.46. The van der Waals surface area contributed by atoms with Crippen molar-refractivity contribution in [2.45, 2.75) is 32.9 Å². The SMILES string of the molecule is COc1cc(C)c(CNC(C)(C)C#N)c(OC)c1. The molecular weight excluding hydrogens is 228 g/mol. The molecule has 4 heteroatoms. The number of nitrogens with zero attached hydrogens (tertiary/aromatic N) is 1. The lowest BCUT2D eigenvalue weighted by Crippen LogP contribution is -2.37. The van der Waals surface area contributed by atoms with E-state index in [4.69, 9.17) is 14.7 Å². The lowest BCUT2D eigenvalue weighted by molar-refractivity contribution is 0.386. The normalized spacial score (nSPS) is 10.9. The molecule has 0 bridgehead atoms. The van der Waals surface area contributed by atoms with Gasteiger partial charge in [-0.1, -0.05) is 0 Å². The maximum absolute atomic E-state index is 8.99. The number of ether oxygens (including phenoxy) is 2. The zero-order chi connectivity index (χ0) is 13.8. The van der Waals surface area contributed by atoms with Crippen LogP contribution in [0.1, 0.15) is 25.0 Å². The van der Waals surface area contributed by atoms with Crippen LogP contribution in [0.5, 0.6) is 11.5 Å². The van der Waals surface area contributed by atoms with Crippen LogP contribution >= 0.6 is 0 Å². The Labute approximate surface area is 109 Å². The number of hydrogen-bond donors (Lipinski definition) is 1. The minimum absolute atomic E-state index is 0.558. The fraction of sp³-hybridized carbons (Fsp3) is 0.500. The molecule has 0 amide bonds. The molecule has 0 saturated heterocycles. The minimum atomic E-state index is -0.558. The summed E-state index contributed by atoms with van der Waals surface area (Å²) in [6, 6.07) is 6.02. The molecule has 0 heterocycles. The predicted molar refractivity (Wildman–Crippen MR) is 70.8 cm³/mol. The minimum Gasteiger partial charge on any atom is -0.497 e. The number of rotatable bonds is 5. The molecule has 98 valence electrons. The highest BCUT2D eigenvalue weighted by Crippen LogP contribution is 2.28. The Hall–Kier alpha value is -1.73. The number of methoxy groups -OCH3 is 2. The van der Waals surface area contributed by atoms with Crippen LogP contribution in [-0.2, 0) is 6.54 Å². The highest BCUT2D eigenvalue weighted by Gasteiger charge is 2.17. The average molecular weight is 248 g/mol. The van der Waals surface area contributed by atoms with E-state index in [1.54, 1.807) is 14.2 Å². The van der Waals surface area contributed by atoms with E-state index in [1.807, 2.05) is 32.9 Å². The third-order valence-corrected chi connectivity index (χ3v) is 2.85. The van der Waals surface area contributed by atoms with E-state index in [0.717, 1.165) is 22.6 Å². The Kier molecular flexibility index (Phi) is 4.57. The van der Waals surface area contributed by atoms with Crippen LogP contribution < -0.4 is 14.8 Å². The van der Waals surface area contributed by atoms with Gasteiger partial charge in [0.25, 0.3) is 0 Å². The Balaban J connectivity index is 2.99. The van der Waals surface area contributed by atoms with Gasteiger partial charge in [0.15, 0.2) is 0 Å². The van der Waals surface area contributed by atoms with E-state index in [9.17, 15) is 0 Å². The summed E-state index contributed by atoms with van der Waals surface area (Å²) in [5, 5.41) is 12.2. The molecule has 0 aliphatic carbocycles. The Morgan fingerprint density at radius 2 is 1.94 bits per heavy atom. The first kappa shape index (κ1) is 14.3. The van der Waals surface area contributed by atoms with Crippen LogP contribution in [0.2, 0.25) is 0 Å². The van der Waals surface area contributed by atoms with Crippen molar-refractivity contribution < 1.29 is 9.47 Å². The molecule has 1 rings (SSSR count). The lowest BCUT2D eigenvalue weighted by Gasteiger charge is -2.20. The van der Waals surface area contributed by atoms with Crippen LogP contribution in [0.15, 0.2) is 12.1 Å². The van der Waals surface area contributed by atoms with Crippen molar-refractivity contribution in [2.75, 3.05) is 14.2 Å². The van der Waals surface area contributed by atoms with E-state index < -0.39 is 5.54 Å². The monoisotopic (exact) mass is 248 g/mol. The molecule has 1 N–H and O–H groups in total. The number of nitrogens with one attached hydrogen (secondary N) is 1. The quantitative estimate of drug-likeness (QED) is 0.869. The molecular formula is C14H20N2O2. The summed E-state index contributed by atoms with van der Waals surface area (Å²) in [7, 11) is 3.26. The molecule has 0 spiro atoms. The van der Waals surface area contributed by atoms with Gasteiger partial charge in [0.05, 0.1) is 20.3 Å². The molecule has 0 aliphatic rings. The van der Waals surface area contributed by atoms with Gasteiger partial charge in [-0.3, -0.25) is 5.32 Å². The van der Waals surface area contributed by atoms with E-state index in [-0.39, 0.29) is 0 Å². The number of nitriles is 1. The van der Waals surface area contributed by atoms with Crippen LogP contribution in [0, 0.1) is 18.3 Å². The van der Waals surface area contributed by atoms with Crippen LogP contribution in [0.25, 0.3) is 0 Å². The zero-order valence-corrected chi connectivity index (χ0v) is 11.6. The van der Waals surface area contributed by atoms with Crippen molar-refractivity contribution >= 4 is 0 Å². The van der Waals surface area contributed by atoms with Gasteiger partial charge in [0.1, 0.15) is 17.0 Å². The van der Waals surface area contributed by atoms with E-state index in [0.29, 0.717) is 6.54 Å². The second-order valence-corrected chi connectivity index (χ2v) is 4.72. The van der Waals surface area contributed by atoms with Gasteiger partial charge in [0, 0.05) is 18.2 Å². The Bertz CT molecular complexity index is 462. The summed E-state index contributed by atoms with van der Waals surface area (Å²) in [5.74, 6) is 1.54. The van der Waals surface area contributed by atoms with E-state index >= 15 is 0 Å². The van der Waals surface area contributed by atoms with Crippen molar-refractivity contribution in [3.63, 3.8) is 0 Å². The second-order valence-electron chi connectivity index (χ2n) is 4.72. The van der Waals surface area contributed by atoms with E-state index in [1.165, 1.54) is 0 Å². The molecule has 18 heavy (non-hydrogen) atoms. The van der Waals surface area contributed by atoms with E-state index in [2.05, 4.69) is 11.4 Å². The number of hydrogen-bond acceptors (Lipinski definition) is 4. The molecule has 0 unspecified atom stereocenters. The fourth-order valence-corrected chi connectivity index (χ4v) is 1.63. The maximum atomic E-state index is 8.99. The largest absolute Gasteiger partial charge is 0.497 e. The van der Waals surface area contributed by atoms with Crippen molar-refractivity contribution in [1.29, 1.82) is 5.26 Å². The topological polar surface area (TPSA) is 54.3 Å². The van der Waals surface area contributed by atoms with Crippen LogP contribution in [0.4, 0.5) is 0 Å². The summed E-state index contributed by atoms with van der Waals surface area (Å²) < 4.78 is 10.6. The first-order valence-electron chi connectivity index (χ1n) is 5.81. The fourth-order valence-electron chi connectivity index (χ4n) is 1.63. The van der Waals surface area contributed by atoms with Gasteiger partial charge in [0.2, 0.25) is 0 Å². The van der Waals surface area contributed by atoms with Crippen molar-refractivity contribution in [3.8, 4) is 17.6 Å². The molecule has 0 radical (unpaired) electrons. The summed E-state index contributed by atoms with van der Waals surface area (Å²) in [6.07, 6.45) is 0. The molecule has 0 fully saturated rings. The van der Waals surface area contributed by atoms with Gasteiger partial charge >= 0.3 is 0 Å². The van der Waals surface area contributed by atoms with Gasteiger partial charge in [-0.25, -0.2) is 0 Å². The number of benzene rings is 1. The Morgan fingerprint density at radius 3 is 2.44 bits per heavy atom. The second kappa shape index (κ2) is 5.74. The molecule has 0 aliphatic heterocycles. The van der Waals surface area contributed by atoms with Crippen molar-refractivity contribution in [2.24, 2.45) is 0 Å². The van der Waals surface area contributed by atoms with Crippen molar-refractivity contribution in [3.05, 3.63) is 23.3 Å². The van der Waals surface area contributed by atoms with Crippen molar-refractivity contribution in [1.82, 2.24) is 5.32 Å². The van der Waals surface area contributed by atoms with Gasteiger partial charge < -0.3 is 9.47 Å². The summed E-state index contributed by atoms with van der Waals surface area (Å²) in [6.45, 7) is 6.28. The molecule has 1 aromatic carbocycles. The first-order valence-corrected chi connectivity index (χ1v) is 5.81. The van der Waals surface area contributed by atoms with Gasteiger partial charge in [-0.05, 0) is 32.4 Å². The predicted octanol–water partition coefficient (Wildman–Crippen LogP) is 2.40. The van der Waals surface area contributed by atoms with Gasteiger partial charge in [-0.2, -0.15) is 5.26 Å². The lowest BCUT2D eigenvalue weighted by atomic mass is 10.0. The van der Waals surface area contributed by atoms with Crippen LogP contribution in [-0.4, -0.2) is 19.8 Å². The summed E-state index contributed by atoms with van der Waals surface area (Å²) in [5.41, 5.74) is 1.56. The number of aryl methyl sites for hydroxylation is 1. The summed E-state index contributed by atoms with van der Waals surface area (Å²) >= 11 is 0. The maximum Gasteiger partial charge on any atom is 0.127 e. The smallest absolute Gasteiger partial charge is 0.127 e. The third kappa shape index (κ3) is 3.38. The molecule has 4 nitrogen and oxygen atoms in total. The standard InChI is InChI=1S/C14H20N2O2/c1-10-6-11(17-4)7-13(18-5)12(10)8-16-14(2,3)9-15/h6-7,16H,8H2,1-5H3. The summed E-state index contributed by atoms with van der Waals surface area (Å²) in [4.78, 5) is 0. The first-order chi connectivity index (χ1) is 8.43. The molecule has 0 saturated carbocycles. The molecule has 1 aromatic rings. The Morgan fingerprint density at radius 1 is 1.28 bits per heavy atom.